The van der Waals surface area contributed by atoms with Crippen LogP contribution in [0, 0.1) is 0 Å². The van der Waals surface area contributed by atoms with Gasteiger partial charge < -0.3 is 0 Å². The molecule has 0 radical (unpaired) electrons. The fraction of sp³-hybridized carbons (Fsp3) is 0.692. The van der Waals surface area contributed by atoms with Crippen molar-refractivity contribution in [1.29, 1.82) is 0 Å². The van der Waals surface area contributed by atoms with Gasteiger partial charge in [-0.25, -0.2) is 0 Å². The summed E-state index contributed by atoms with van der Waals surface area (Å²) < 4.78 is 0. The molecule has 88 valence electrons. The summed E-state index contributed by atoms with van der Waals surface area (Å²) in [6.45, 7) is 4.30. The lowest BCUT2D eigenvalue weighted by molar-refractivity contribution is -0.166. The van der Waals surface area contributed by atoms with E-state index in [2.05, 4.69) is 38.2 Å². The molecule has 0 bridgehead atoms. The first-order valence-electron chi connectivity index (χ1n) is 5.86. The number of hydrogen-bond acceptors (Lipinski definition) is 2. The third-order valence-corrected chi connectivity index (χ3v) is 2.09. The molecule has 0 rings (SSSR count). The van der Waals surface area contributed by atoms with Crippen molar-refractivity contribution in [2.45, 2.75) is 45.6 Å². The van der Waals surface area contributed by atoms with Gasteiger partial charge in [0.05, 0.1) is 6.10 Å². The summed E-state index contributed by atoms with van der Waals surface area (Å²) in [5.74, 6) is 0. The molecule has 1 unspecified atom stereocenters. The molecular weight excluding hydrogens is 186 g/mol. The van der Waals surface area contributed by atoms with Crippen LogP contribution in [0.15, 0.2) is 24.3 Å². The Morgan fingerprint density at radius 3 is 2.33 bits per heavy atom. The molecular formula is C13H25NO. The van der Waals surface area contributed by atoms with Gasteiger partial charge in [-0.1, -0.05) is 38.2 Å². The van der Waals surface area contributed by atoms with Gasteiger partial charge in [0.1, 0.15) is 0 Å². The Morgan fingerprint density at radius 1 is 1.13 bits per heavy atom. The van der Waals surface area contributed by atoms with E-state index in [0.29, 0.717) is 6.10 Å². The van der Waals surface area contributed by atoms with E-state index in [4.69, 9.17) is 4.84 Å². The zero-order valence-electron chi connectivity index (χ0n) is 10.6. The standard InChI is InChI=1S/C13H25NO/c1-5-7-8-9-10-11-12-13(6-2)15-14(3)4/h7-10,13H,5-6,11-12H2,1-4H3/b8-7-,10-9-. The van der Waals surface area contributed by atoms with E-state index in [1.54, 1.807) is 5.06 Å². The molecule has 0 aromatic rings. The second-order valence-electron chi connectivity index (χ2n) is 3.79. The number of hydrogen-bond donors (Lipinski definition) is 0. The van der Waals surface area contributed by atoms with Crippen LogP contribution in [0.2, 0.25) is 0 Å². The second kappa shape index (κ2) is 9.94. The van der Waals surface area contributed by atoms with Crippen LogP contribution in [0.5, 0.6) is 0 Å². The predicted octanol–water partition coefficient (Wildman–Crippen LogP) is 3.56. The molecule has 2 heteroatoms. The topological polar surface area (TPSA) is 12.5 Å². The molecule has 0 aromatic carbocycles. The van der Waals surface area contributed by atoms with Crippen LogP contribution < -0.4 is 0 Å². The molecule has 0 saturated carbocycles. The van der Waals surface area contributed by atoms with Gasteiger partial charge in [-0.3, -0.25) is 4.84 Å². The van der Waals surface area contributed by atoms with Crippen molar-refractivity contribution >= 4 is 0 Å². The largest absolute Gasteiger partial charge is 0.296 e. The maximum atomic E-state index is 5.61. The summed E-state index contributed by atoms with van der Waals surface area (Å²) in [5.41, 5.74) is 0. The smallest absolute Gasteiger partial charge is 0.0793 e. The zero-order valence-corrected chi connectivity index (χ0v) is 10.6. The Morgan fingerprint density at radius 2 is 1.80 bits per heavy atom. The molecule has 0 N–H and O–H groups in total. The molecule has 0 aliphatic carbocycles. The van der Waals surface area contributed by atoms with Crippen LogP contribution in [0.3, 0.4) is 0 Å². The minimum atomic E-state index is 0.347. The molecule has 0 aliphatic heterocycles. The molecule has 0 heterocycles. The van der Waals surface area contributed by atoms with Crippen molar-refractivity contribution < 1.29 is 4.84 Å². The first-order valence-corrected chi connectivity index (χ1v) is 5.86. The van der Waals surface area contributed by atoms with Crippen LogP contribution in [0.1, 0.15) is 39.5 Å². The molecule has 0 aromatic heterocycles. The molecule has 0 spiro atoms. The van der Waals surface area contributed by atoms with Crippen molar-refractivity contribution in [3.8, 4) is 0 Å². The second-order valence-corrected chi connectivity index (χ2v) is 3.79. The molecule has 0 amide bonds. The zero-order chi connectivity index (χ0) is 11.5. The maximum absolute atomic E-state index is 5.61. The first kappa shape index (κ1) is 14.4. The van der Waals surface area contributed by atoms with Crippen molar-refractivity contribution in [3.05, 3.63) is 24.3 Å². The summed E-state index contributed by atoms with van der Waals surface area (Å²) >= 11 is 0. The van der Waals surface area contributed by atoms with Crippen LogP contribution in [-0.2, 0) is 4.84 Å². The molecule has 0 fully saturated rings. The van der Waals surface area contributed by atoms with Crippen molar-refractivity contribution in [1.82, 2.24) is 5.06 Å². The van der Waals surface area contributed by atoms with Gasteiger partial charge in [-0.15, -0.1) is 0 Å². The van der Waals surface area contributed by atoms with Crippen molar-refractivity contribution in [3.63, 3.8) is 0 Å². The van der Waals surface area contributed by atoms with E-state index in [1.807, 2.05) is 14.1 Å². The Bertz CT molecular complexity index is 185. The van der Waals surface area contributed by atoms with E-state index in [9.17, 15) is 0 Å². The van der Waals surface area contributed by atoms with Crippen molar-refractivity contribution in [2.75, 3.05) is 14.1 Å². The Labute approximate surface area is 94.6 Å². The Balaban J connectivity index is 3.62. The monoisotopic (exact) mass is 211 g/mol. The highest BCUT2D eigenvalue weighted by Gasteiger charge is 2.06. The summed E-state index contributed by atoms with van der Waals surface area (Å²) in [6.07, 6.45) is 13.3. The number of rotatable bonds is 8. The van der Waals surface area contributed by atoms with Gasteiger partial charge in [-0.05, 0) is 25.7 Å². The molecule has 0 saturated heterocycles. The fourth-order valence-electron chi connectivity index (χ4n) is 1.30. The van der Waals surface area contributed by atoms with Gasteiger partial charge >= 0.3 is 0 Å². The number of hydroxylamine groups is 2. The maximum Gasteiger partial charge on any atom is 0.0793 e. The average Bonchev–Trinajstić information content (AvgIpc) is 2.20. The number of nitrogens with zero attached hydrogens (tertiary/aromatic N) is 1. The lowest BCUT2D eigenvalue weighted by Gasteiger charge is -2.19. The lowest BCUT2D eigenvalue weighted by Crippen LogP contribution is -2.22. The summed E-state index contributed by atoms with van der Waals surface area (Å²) in [5, 5.41) is 1.79. The Hall–Kier alpha value is -0.600. The predicted molar refractivity (Wildman–Crippen MR) is 66.7 cm³/mol. The van der Waals surface area contributed by atoms with E-state index < -0.39 is 0 Å². The summed E-state index contributed by atoms with van der Waals surface area (Å²) in [7, 11) is 3.87. The molecule has 15 heavy (non-hydrogen) atoms. The van der Waals surface area contributed by atoms with Crippen LogP contribution in [0.4, 0.5) is 0 Å². The van der Waals surface area contributed by atoms with Crippen LogP contribution in [-0.4, -0.2) is 25.3 Å². The average molecular weight is 211 g/mol. The van der Waals surface area contributed by atoms with Gasteiger partial charge in [0.15, 0.2) is 0 Å². The third-order valence-electron chi connectivity index (χ3n) is 2.09. The normalized spacial score (nSPS) is 14.5. The van der Waals surface area contributed by atoms with Crippen LogP contribution in [0.25, 0.3) is 0 Å². The lowest BCUT2D eigenvalue weighted by atomic mass is 10.1. The molecule has 0 aliphatic rings. The fourth-order valence-corrected chi connectivity index (χ4v) is 1.30. The highest BCUT2D eigenvalue weighted by atomic mass is 16.7. The van der Waals surface area contributed by atoms with E-state index in [1.165, 1.54) is 0 Å². The first-order chi connectivity index (χ1) is 7.20. The highest BCUT2D eigenvalue weighted by molar-refractivity contribution is 5.01. The summed E-state index contributed by atoms with van der Waals surface area (Å²) in [4.78, 5) is 5.61. The SMILES string of the molecule is CC/C=C\C=C/CCC(CC)ON(C)C. The molecule has 1 atom stereocenters. The third kappa shape index (κ3) is 9.70. The Kier molecular flexibility index (Phi) is 9.54. The van der Waals surface area contributed by atoms with E-state index in [0.717, 1.165) is 25.7 Å². The van der Waals surface area contributed by atoms with Gasteiger partial charge in [-0.2, -0.15) is 5.06 Å². The van der Waals surface area contributed by atoms with Crippen LogP contribution >= 0.6 is 0 Å². The van der Waals surface area contributed by atoms with E-state index in [-0.39, 0.29) is 0 Å². The van der Waals surface area contributed by atoms with Crippen molar-refractivity contribution in [2.24, 2.45) is 0 Å². The van der Waals surface area contributed by atoms with Gasteiger partial charge in [0, 0.05) is 14.1 Å². The minimum absolute atomic E-state index is 0.347. The minimum Gasteiger partial charge on any atom is -0.296 e. The molecule has 2 nitrogen and oxygen atoms in total. The highest BCUT2D eigenvalue weighted by Crippen LogP contribution is 2.08. The van der Waals surface area contributed by atoms with Gasteiger partial charge in [0.25, 0.3) is 0 Å². The van der Waals surface area contributed by atoms with Gasteiger partial charge in [0.2, 0.25) is 0 Å². The van der Waals surface area contributed by atoms with E-state index >= 15 is 0 Å². The number of allylic oxidation sites excluding steroid dienone is 4. The quantitative estimate of drug-likeness (QED) is 0.449. The summed E-state index contributed by atoms with van der Waals surface area (Å²) in [6, 6.07) is 0.